The first-order valence-corrected chi connectivity index (χ1v) is 9.07. The molecule has 1 atom stereocenters. The fourth-order valence-electron chi connectivity index (χ4n) is 2.80. The highest BCUT2D eigenvalue weighted by atomic mass is 35.5. The number of hydrogen-bond donors (Lipinski definition) is 1. The summed E-state index contributed by atoms with van der Waals surface area (Å²) in [5.41, 5.74) is 0.550. The van der Waals surface area contributed by atoms with Crippen molar-refractivity contribution in [2.75, 3.05) is 5.75 Å². The zero-order valence-corrected chi connectivity index (χ0v) is 14.6. The van der Waals surface area contributed by atoms with Gasteiger partial charge in [-0.15, -0.1) is 11.8 Å². The third-order valence-corrected chi connectivity index (χ3v) is 5.32. The Hall–Kier alpha value is -1.66. The average molecular weight is 386 g/mol. The van der Waals surface area contributed by atoms with Crippen molar-refractivity contribution in [2.45, 2.75) is 30.0 Å². The number of hydrogen-bond acceptors (Lipinski definition) is 2. The van der Waals surface area contributed by atoms with E-state index < -0.39 is 11.7 Å². The number of fused-ring (bicyclic) bond motifs is 1. The molecule has 0 saturated carbocycles. The van der Waals surface area contributed by atoms with Gasteiger partial charge in [0.25, 0.3) is 0 Å². The van der Waals surface area contributed by atoms with Gasteiger partial charge in [-0.1, -0.05) is 29.8 Å². The highest BCUT2D eigenvalue weighted by Crippen LogP contribution is 2.37. The van der Waals surface area contributed by atoms with E-state index >= 15 is 0 Å². The summed E-state index contributed by atoms with van der Waals surface area (Å²) in [5.74, 6) is 0.561. The maximum absolute atomic E-state index is 12.8. The van der Waals surface area contributed by atoms with Gasteiger partial charge < -0.3 is 5.32 Å². The SMILES string of the molecule is O=C(Cc1cccc(C(F)(F)F)c1)N[C@@H]1CCSc2ccc(Cl)cc21. The van der Waals surface area contributed by atoms with Gasteiger partial charge in [0, 0.05) is 15.7 Å². The van der Waals surface area contributed by atoms with Crippen molar-refractivity contribution in [3.8, 4) is 0 Å². The molecule has 1 N–H and O–H groups in total. The summed E-state index contributed by atoms with van der Waals surface area (Å²) < 4.78 is 38.3. The third kappa shape index (κ3) is 4.50. The van der Waals surface area contributed by atoms with Crippen molar-refractivity contribution in [1.82, 2.24) is 5.32 Å². The number of carbonyl (C=O) groups excluding carboxylic acids is 1. The predicted octanol–water partition coefficient (Wildman–Crippen LogP) is 5.25. The van der Waals surface area contributed by atoms with E-state index in [9.17, 15) is 18.0 Å². The molecule has 2 nitrogen and oxygen atoms in total. The van der Waals surface area contributed by atoms with Gasteiger partial charge >= 0.3 is 6.18 Å². The van der Waals surface area contributed by atoms with Crippen LogP contribution in [-0.4, -0.2) is 11.7 Å². The van der Waals surface area contributed by atoms with Crippen LogP contribution in [0.1, 0.15) is 29.2 Å². The Balaban J connectivity index is 1.71. The van der Waals surface area contributed by atoms with E-state index in [1.165, 1.54) is 12.1 Å². The van der Waals surface area contributed by atoms with Gasteiger partial charge in [-0.05, 0) is 41.8 Å². The first-order chi connectivity index (χ1) is 11.8. The standard InChI is InChI=1S/C18H15ClF3NOS/c19-13-4-5-16-14(10-13)15(6-7-25-16)23-17(24)9-11-2-1-3-12(8-11)18(20,21)22/h1-5,8,10,15H,6-7,9H2,(H,23,24)/t15-/m1/s1. The highest BCUT2D eigenvalue weighted by molar-refractivity contribution is 7.99. The van der Waals surface area contributed by atoms with Gasteiger partial charge in [0.2, 0.25) is 5.91 Å². The molecule has 2 aromatic rings. The molecule has 132 valence electrons. The third-order valence-electron chi connectivity index (χ3n) is 3.97. The first-order valence-electron chi connectivity index (χ1n) is 7.70. The fraction of sp³-hybridized carbons (Fsp3) is 0.278. The lowest BCUT2D eigenvalue weighted by Gasteiger charge is -2.26. The second kappa shape index (κ2) is 7.30. The van der Waals surface area contributed by atoms with E-state index in [4.69, 9.17) is 11.6 Å². The van der Waals surface area contributed by atoms with E-state index in [0.717, 1.165) is 34.8 Å². The molecular formula is C18H15ClF3NOS. The Morgan fingerprint density at radius 3 is 2.80 bits per heavy atom. The lowest BCUT2D eigenvalue weighted by atomic mass is 10.0. The molecule has 1 heterocycles. The Morgan fingerprint density at radius 2 is 2.04 bits per heavy atom. The van der Waals surface area contributed by atoms with Crippen LogP contribution >= 0.6 is 23.4 Å². The smallest absolute Gasteiger partial charge is 0.349 e. The number of rotatable bonds is 3. The number of benzene rings is 2. The second-order valence-corrected chi connectivity index (χ2v) is 7.39. The summed E-state index contributed by atoms with van der Waals surface area (Å²) in [6.07, 6.45) is -3.75. The monoisotopic (exact) mass is 385 g/mol. The first kappa shape index (κ1) is 18.1. The Kier molecular flexibility index (Phi) is 5.29. The molecule has 1 aliphatic rings. The molecular weight excluding hydrogens is 371 g/mol. The number of thioether (sulfide) groups is 1. The van der Waals surface area contributed by atoms with Crippen molar-refractivity contribution >= 4 is 29.3 Å². The summed E-state index contributed by atoms with van der Waals surface area (Å²) in [7, 11) is 0. The number of nitrogens with one attached hydrogen (secondary N) is 1. The minimum absolute atomic E-state index is 0.0938. The lowest BCUT2D eigenvalue weighted by Crippen LogP contribution is -2.31. The van der Waals surface area contributed by atoms with Crippen LogP contribution in [0.4, 0.5) is 13.2 Å². The Morgan fingerprint density at radius 1 is 1.24 bits per heavy atom. The van der Waals surface area contributed by atoms with Crippen LogP contribution in [-0.2, 0) is 17.4 Å². The summed E-state index contributed by atoms with van der Waals surface area (Å²) in [6, 6.07) is 10.2. The lowest BCUT2D eigenvalue weighted by molar-refractivity contribution is -0.137. The number of carbonyl (C=O) groups is 1. The molecule has 1 amide bonds. The summed E-state index contributed by atoms with van der Waals surface area (Å²) in [4.78, 5) is 13.4. The number of amides is 1. The van der Waals surface area contributed by atoms with E-state index in [2.05, 4.69) is 5.32 Å². The molecule has 7 heteroatoms. The molecule has 3 rings (SSSR count). The van der Waals surface area contributed by atoms with Crippen molar-refractivity contribution < 1.29 is 18.0 Å². The normalized spacial score (nSPS) is 17.0. The van der Waals surface area contributed by atoms with E-state index in [0.29, 0.717) is 10.6 Å². The minimum Gasteiger partial charge on any atom is -0.349 e. The zero-order chi connectivity index (χ0) is 18.0. The maximum Gasteiger partial charge on any atom is 0.416 e. The summed E-state index contributed by atoms with van der Waals surface area (Å²) >= 11 is 7.74. The summed E-state index contributed by atoms with van der Waals surface area (Å²) in [6.45, 7) is 0. The van der Waals surface area contributed by atoms with Crippen LogP contribution in [0.25, 0.3) is 0 Å². The minimum atomic E-state index is -4.41. The van der Waals surface area contributed by atoms with Gasteiger partial charge in [0.1, 0.15) is 0 Å². The van der Waals surface area contributed by atoms with E-state index in [1.54, 1.807) is 17.8 Å². The second-order valence-electron chi connectivity index (χ2n) is 5.81. The number of alkyl halides is 3. The van der Waals surface area contributed by atoms with Gasteiger partial charge in [0.05, 0.1) is 18.0 Å². The van der Waals surface area contributed by atoms with Gasteiger partial charge in [-0.3, -0.25) is 4.79 Å². The molecule has 0 aliphatic carbocycles. The van der Waals surface area contributed by atoms with Crippen LogP contribution in [0.15, 0.2) is 47.4 Å². The van der Waals surface area contributed by atoms with Crippen LogP contribution in [0.3, 0.4) is 0 Å². The molecule has 0 fully saturated rings. The van der Waals surface area contributed by atoms with E-state index in [1.807, 2.05) is 12.1 Å². The van der Waals surface area contributed by atoms with Crippen LogP contribution in [0.2, 0.25) is 5.02 Å². The molecule has 0 radical (unpaired) electrons. The average Bonchev–Trinajstić information content (AvgIpc) is 2.55. The quantitative estimate of drug-likeness (QED) is 0.781. The topological polar surface area (TPSA) is 29.1 Å². The molecule has 25 heavy (non-hydrogen) atoms. The van der Waals surface area contributed by atoms with Crippen LogP contribution in [0.5, 0.6) is 0 Å². The molecule has 0 unspecified atom stereocenters. The van der Waals surface area contributed by atoms with Crippen LogP contribution in [0, 0.1) is 0 Å². The van der Waals surface area contributed by atoms with E-state index in [-0.39, 0.29) is 18.4 Å². The maximum atomic E-state index is 12.8. The number of halogens is 4. The predicted molar refractivity (Wildman–Crippen MR) is 92.8 cm³/mol. The Labute approximate surface area is 152 Å². The van der Waals surface area contributed by atoms with Crippen molar-refractivity contribution in [2.24, 2.45) is 0 Å². The summed E-state index contributed by atoms with van der Waals surface area (Å²) in [5, 5.41) is 3.51. The van der Waals surface area contributed by atoms with Crippen molar-refractivity contribution in [1.29, 1.82) is 0 Å². The van der Waals surface area contributed by atoms with Crippen molar-refractivity contribution in [3.05, 3.63) is 64.2 Å². The van der Waals surface area contributed by atoms with Crippen LogP contribution < -0.4 is 5.32 Å². The van der Waals surface area contributed by atoms with Crippen molar-refractivity contribution in [3.63, 3.8) is 0 Å². The molecule has 2 aromatic carbocycles. The van der Waals surface area contributed by atoms with Gasteiger partial charge in [0.15, 0.2) is 0 Å². The molecule has 0 saturated heterocycles. The molecule has 1 aliphatic heterocycles. The highest BCUT2D eigenvalue weighted by Gasteiger charge is 2.30. The van der Waals surface area contributed by atoms with Gasteiger partial charge in [-0.25, -0.2) is 0 Å². The van der Waals surface area contributed by atoms with Gasteiger partial charge in [-0.2, -0.15) is 13.2 Å². The molecule has 0 bridgehead atoms. The molecule has 0 aromatic heterocycles. The fourth-order valence-corrected chi connectivity index (χ4v) is 4.09. The molecule has 0 spiro atoms. The largest absolute Gasteiger partial charge is 0.416 e. The zero-order valence-electron chi connectivity index (χ0n) is 13.1. The Bertz CT molecular complexity index is 794.